The maximum Gasteiger partial charge on any atom is 0.421 e. The number of nitrogens with one attached hydrogen (secondary N) is 1. The molecule has 0 aliphatic heterocycles. The second-order valence-electron chi connectivity index (χ2n) is 4.33. The molecule has 106 valence electrons. The molecule has 2 heterocycles. The highest BCUT2D eigenvalue weighted by molar-refractivity contribution is 5.91. The first-order valence-electron chi connectivity index (χ1n) is 6.13. The first-order valence-corrected chi connectivity index (χ1v) is 6.13. The van der Waals surface area contributed by atoms with Crippen molar-refractivity contribution in [2.24, 2.45) is 0 Å². The Bertz CT molecular complexity index is 852. The summed E-state index contributed by atoms with van der Waals surface area (Å²) in [5, 5.41) is 2.56. The normalized spacial score (nSPS) is 10.7. The second kappa shape index (κ2) is 5.20. The highest BCUT2D eigenvalue weighted by atomic mass is 19.1. The number of amides is 1. The average Bonchev–Trinajstić information content (AvgIpc) is 2.78. The summed E-state index contributed by atoms with van der Waals surface area (Å²) in [4.78, 5) is 27.6. The lowest BCUT2D eigenvalue weighted by atomic mass is 10.3. The molecule has 1 amide bonds. The highest BCUT2D eigenvalue weighted by Gasteiger charge is 2.13. The number of fused-ring (bicyclic) bond motifs is 1. The Morgan fingerprint density at radius 1 is 1.29 bits per heavy atom. The van der Waals surface area contributed by atoms with Crippen LogP contribution in [0.15, 0.2) is 51.8 Å². The molecule has 1 N–H and O–H groups in total. The van der Waals surface area contributed by atoms with E-state index in [-0.39, 0.29) is 6.54 Å². The second-order valence-corrected chi connectivity index (χ2v) is 4.33. The van der Waals surface area contributed by atoms with Crippen molar-refractivity contribution in [2.45, 2.75) is 6.54 Å². The predicted octanol–water partition coefficient (Wildman–Crippen LogP) is 1.77. The molecule has 0 aliphatic rings. The molecule has 0 unspecified atom stereocenters. The van der Waals surface area contributed by atoms with Crippen LogP contribution in [0.5, 0.6) is 0 Å². The van der Waals surface area contributed by atoms with Crippen molar-refractivity contribution in [3.8, 4) is 0 Å². The van der Waals surface area contributed by atoms with E-state index in [0.29, 0.717) is 16.9 Å². The molecule has 7 heteroatoms. The molecule has 21 heavy (non-hydrogen) atoms. The molecule has 0 saturated carbocycles. The number of nitrogens with zero attached hydrogens (tertiary/aromatic N) is 2. The number of aromatic nitrogens is 2. The summed E-state index contributed by atoms with van der Waals surface area (Å²) in [5.74, 6) is -1.48. The molecule has 3 rings (SSSR count). The van der Waals surface area contributed by atoms with E-state index < -0.39 is 17.5 Å². The van der Waals surface area contributed by atoms with E-state index in [2.05, 4.69) is 10.3 Å². The summed E-state index contributed by atoms with van der Waals surface area (Å²) in [6.07, 6.45) is 1.51. The summed E-state index contributed by atoms with van der Waals surface area (Å²) < 4.78 is 18.9. The van der Waals surface area contributed by atoms with Crippen molar-refractivity contribution in [3.63, 3.8) is 0 Å². The maximum atomic E-state index is 12.8. The monoisotopic (exact) mass is 287 g/mol. The smallest absolute Gasteiger partial charge is 0.406 e. The molecule has 0 fully saturated rings. The van der Waals surface area contributed by atoms with Crippen molar-refractivity contribution in [1.29, 1.82) is 0 Å². The molecule has 0 spiro atoms. The summed E-state index contributed by atoms with van der Waals surface area (Å²) >= 11 is 0. The summed E-state index contributed by atoms with van der Waals surface area (Å²) in [7, 11) is 0. The third-order valence-electron chi connectivity index (χ3n) is 2.85. The van der Waals surface area contributed by atoms with E-state index in [1.807, 2.05) is 0 Å². The van der Waals surface area contributed by atoms with Crippen LogP contribution in [0.3, 0.4) is 0 Å². The number of benzene rings is 1. The number of rotatable bonds is 3. The lowest BCUT2D eigenvalue weighted by molar-refractivity contribution is -0.116. The molecule has 0 bridgehead atoms. The van der Waals surface area contributed by atoms with E-state index in [0.717, 1.165) is 4.57 Å². The van der Waals surface area contributed by atoms with E-state index in [1.54, 1.807) is 12.1 Å². The number of hydrogen-bond acceptors (Lipinski definition) is 4. The minimum Gasteiger partial charge on any atom is -0.406 e. The Balaban J connectivity index is 1.82. The first-order chi connectivity index (χ1) is 10.1. The third-order valence-corrected chi connectivity index (χ3v) is 2.85. The van der Waals surface area contributed by atoms with Gasteiger partial charge in [-0.3, -0.25) is 4.79 Å². The number of carbonyl (C=O) groups excluding carboxylic acids is 1. The summed E-state index contributed by atoms with van der Waals surface area (Å²) in [6.45, 7) is -0.236. The summed E-state index contributed by atoms with van der Waals surface area (Å²) in [5.41, 5.74) is 1.06. The van der Waals surface area contributed by atoms with Crippen LogP contribution in [0, 0.1) is 5.82 Å². The predicted molar refractivity (Wildman–Crippen MR) is 73.3 cm³/mol. The van der Waals surface area contributed by atoms with Gasteiger partial charge in [-0.2, -0.15) is 0 Å². The van der Waals surface area contributed by atoms with Gasteiger partial charge in [0, 0.05) is 11.9 Å². The van der Waals surface area contributed by atoms with Gasteiger partial charge in [0.25, 0.3) is 0 Å². The third kappa shape index (κ3) is 2.66. The Morgan fingerprint density at radius 3 is 2.81 bits per heavy atom. The van der Waals surface area contributed by atoms with E-state index >= 15 is 0 Å². The number of pyridine rings is 1. The van der Waals surface area contributed by atoms with Crippen LogP contribution in [0.25, 0.3) is 11.2 Å². The van der Waals surface area contributed by atoms with Crippen molar-refractivity contribution in [1.82, 2.24) is 9.55 Å². The minimum absolute atomic E-state index is 0.236. The molecule has 3 aromatic rings. The fourth-order valence-electron chi connectivity index (χ4n) is 1.92. The van der Waals surface area contributed by atoms with Gasteiger partial charge in [0.2, 0.25) is 5.91 Å². The summed E-state index contributed by atoms with van der Waals surface area (Å²) in [6, 6.07) is 8.56. The Hall–Kier alpha value is -2.96. The highest BCUT2D eigenvalue weighted by Crippen LogP contribution is 2.10. The first kappa shape index (κ1) is 13.0. The van der Waals surface area contributed by atoms with Gasteiger partial charge in [-0.05, 0) is 36.4 Å². The van der Waals surface area contributed by atoms with Gasteiger partial charge in [0.15, 0.2) is 11.2 Å². The van der Waals surface area contributed by atoms with Crippen molar-refractivity contribution in [3.05, 3.63) is 59.0 Å². The van der Waals surface area contributed by atoms with Crippen LogP contribution in [-0.4, -0.2) is 15.5 Å². The molecular weight excluding hydrogens is 277 g/mol. The lowest BCUT2D eigenvalue weighted by Gasteiger charge is -2.05. The van der Waals surface area contributed by atoms with Crippen molar-refractivity contribution >= 4 is 22.8 Å². The van der Waals surface area contributed by atoms with Gasteiger partial charge in [0.1, 0.15) is 12.4 Å². The fraction of sp³-hybridized carbons (Fsp3) is 0.0714. The SMILES string of the molecule is O=C(Cn1c(=O)oc2cccnc21)Nc1ccc(F)cc1. The quantitative estimate of drug-likeness (QED) is 0.796. The number of halogens is 1. The van der Waals surface area contributed by atoms with Crippen LogP contribution in [0.1, 0.15) is 0 Å². The molecule has 0 aliphatic carbocycles. The standard InChI is InChI=1S/C14H10FN3O3/c15-9-3-5-10(6-4-9)17-12(19)8-18-13-11(21-14(18)20)2-1-7-16-13/h1-7H,8H2,(H,17,19). The largest absolute Gasteiger partial charge is 0.421 e. The van der Waals surface area contributed by atoms with Gasteiger partial charge in [-0.25, -0.2) is 18.7 Å². The minimum atomic E-state index is -0.655. The van der Waals surface area contributed by atoms with Crippen LogP contribution in [0.4, 0.5) is 10.1 Å². The molecule has 0 radical (unpaired) electrons. The van der Waals surface area contributed by atoms with Crippen molar-refractivity contribution < 1.29 is 13.6 Å². The van der Waals surface area contributed by atoms with Crippen LogP contribution in [-0.2, 0) is 11.3 Å². The van der Waals surface area contributed by atoms with Gasteiger partial charge in [-0.1, -0.05) is 0 Å². The lowest BCUT2D eigenvalue weighted by Crippen LogP contribution is -2.25. The zero-order valence-corrected chi connectivity index (χ0v) is 10.7. The molecule has 0 atom stereocenters. The molecule has 1 aromatic carbocycles. The fourth-order valence-corrected chi connectivity index (χ4v) is 1.92. The Morgan fingerprint density at radius 2 is 2.05 bits per heavy atom. The number of oxazole rings is 1. The average molecular weight is 287 g/mol. The van der Waals surface area contributed by atoms with Crippen LogP contribution in [0.2, 0.25) is 0 Å². The van der Waals surface area contributed by atoms with E-state index in [4.69, 9.17) is 4.42 Å². The van der Waals surface area contributed by atoms with Gasteiger partial charge < -0.3 is 9.73 Å². The van der Waals surface area contributed by atoms with Gasteiger partial charge >= 0.3 is 5.76 Å². The number of anilines is 1. The molecule has 2 aromatic heterocycles. The topological polar surface area (TPSA) is 77.1 Å². The number of hydrogen-bond donors (Lipinski definition) is 1. The van der Waals surface area contributed by atoms with Crippen molar-refractivity contribution in [2.75, 3.05) is 5.32 Å². The van der Waals surface area contributed by atoms with Gasteiger partial charge in [-0.15, -0.1) is 0 Å². The van der Waals surface area contributed by atoms with E-state index in [9.17, 15) is 14.0 Å². The van der Waals surface area contributed by atoms with E-state index in [1.165, 1.54) is 30.5 Å². The van der Waals surface area contributed by atoms with Gasteiger partial charge in [0.05, 0.1) is 0 Å². The molecule has 6 nitrogen and oxygen atoms in total. The van der Waals surface area contributed by atoms with Crippen LogP contribution >= 0.6 is 0 Å². The van der Waals surface area contributed by atoms with Crippen LogP contribution < -0.4 is 11.1 Å². The molecular formula is C14H10FN3O3. The zero-order valence-electron chi connectivity index (χ0n) is 10.7. The molecule has 0 saturated heterocycles. The Kier molecular flexibility index (Phi) is 3.23. The Labute approximate surface area is 117 Å². The number of carbonyl (C=O) groups is 1. The maximum absolute atomic E-state index is 12.8. The zero-order chi connectivity index (χ0) is 14.8.